The summed E-state index contributed by atoms with van der Waals surface area (Å²) in [4.78, 5) is 0. The van der Waals surface area contributed by atoms with Crippen LogP contribution in [0.2, 0.25) is 0 Å². The Hall–Kier alpha value is -0.900. The van der Waals surface area contributed by atoms with Gasteiger partial charge in [0.2, 0.25) is 0 Å². The Bertz CT molecular complexity index is 323. The van der Waals surface area contributed by atoms with E-state index >= 15 is 0 Å². The zero-order chi connectivity index (χ0) is 10.8. The minimum absolute atomic E-state index is 0.564. The number of hydrogen-bond acceptors (Lipinski definition) is 3. The molecule has 0 bridgehead atoms. The van der Waals surface area contributed by atoms with Crippen LogP contribution in [0.5, 0.6) is 0 Å². The van der Waals surface area contributed by atoms with Gasteiger partial charge in [-0.15, -0.1) is 10.2 Å². The summed E-state index contributed by atoms with van der Waals surface area (Å²) in [6.45, 7) is 8.67. The molecule has 4 nitrogen and oxygen atoms in total. The van der Waals surface area contributed by atoms with Crippen LogP contribution in [0.15, 0.2) is 0 Å². The molecule has 84 valence electrons. The van der Waals surface area contributed by atoms with Crippen molar-refractivity contribution in [1.82, 2.24) is 20.1 Å². The molecule has 1 aromatic heterocycles. The van der Waals surface area contributed by atoms with Gasteiger partial charge in [0, 0.05) is 13.0 Å². The van der Waals surface area contributed by atoms with Crippen LogP contribution in [0.3, 0.4) is 0 Å². The van der Waals surface area contributed by atoms with Crippen molar-refractivity contribution >= 4 is 0 Å². The molecule has 0 radical (unpaired) electrons. The van der Waals surface area contributed by atoms with Crippen molar-refractivity contribution < 1.29 is 0 Å². The molecule has 0 spiro atoms. The molecule has 0 aromatic carbocycles. The van der Waals surface area contributed by atoms with E-state index in [1.54, 1.807) is 0 Å². The highest BCUT2D eigenvalue weighted by atomic mass is 15.3. The lowest BCUT2D eigenvalue weighted by Crippen LogP contribution is -2.17. The number of hydrogen-bond donors (Lipinski definition) is 1. The number of aryl methyl sites for hydroxylation is 1. The topological polar surface area (TPSA) is 42.7 Å². The van der Waals surface area contributed by atoms with Gasteiger partial charge in [-0.1, -0.05) is 13.8 Å². The van der Waals surface area contributed by atoms with Crippen molar-refractivity contribution in [1.29, 1.82) is 0 Å². The average Bonchev–Trinajstić information content (AvgIpc) is 2.74. The third kappa shape index (κ3) is 2.20. The number of nitrogens with one attached hydrogen (secondary N) is 1. The first-order valence-corrected chi connectivity index (χ1v) is 5.79. The van der Waals surface area contributed by atoms with Crippen LogP contribution in [0, 0.1) is 12.8 Å². The van der Waals surface area contributed by atoms with E-state index in [1.807, 2.05) is 0 Å². The van der Waals surface area contributed by atoms with E-state index < -0.39 is 0 Å². The first-order chi connectivity index (χ1) is 7.18. The molecule has 0 saturated carbocycles. The minimum Gasteiger partial charge on any atom is -0.315 e. The fourth-order valence-corrected chi connectivity index (χ4v) is 2.25. The zero-order valence-electron chi connectivity index (χ0n) is 9.82. The monoisotopic (exact) mass is 208 g/mol. The van der Waals surface area contributed by atoms with Gasteiger partial charge in [0.05, 0.1) is 6.04 Å². The first kappa shape index (κ1) is 10.6. The average molecular weight is 208 g/mol. The SMILES string of the molecule is Cc1nnc(CC(C)C)n1C1CCNC1. The Morgan fingerprint density at radius 3 is 2.87 bits per heavy atom. The van der Waals surface area contributed by atoms with Crippen molar-refractivity contribution in [2.45, 2.75) is 39.7 Å². The third-order valence-electron chi connectivity index (χ3n) is 2.93. The van der Waals surface area contributed by atoms with Crippen LogP contribution in [-0.2, 0) is 6.42 Å². The highest BCUT2D eigenvalue weighted by molar-refractivity contribution is 5.00. The van der Waals surface area contributed by atoms with E-state index in [0.29, 0.717) is 12.0 Å². The Labute approximate surface area is 91.1 Å². The molecule has 0 amide bonds. The van der Waals surface area contributed by atoms with Crippen molar-refractivity contribution in [3.05, 3.63) is 11.6 Å². The molecule has 1 aromatic rings. The van der Waals surface area contributed by atoms with Crippen LogP contribution in [-0.4, -0.2) is 27.9 Å². The number of nitrogens with zero attached hydrogens (tertiary/aromatic N) is 3. The van der Waals surface area contributed by atoms with E-state index in [1.165, 1.54) is 6.42 Å². The smallest absolute Gasteiger partial charge is 0.133 e. The predicted molar refractivity (Wildman–Crippen MR) is 59.8 cm³/mol. The summed E-state index contributed by atoms with van der Waals surface area (Å²) < 4.78 is 2.32. The van der Waals surface area contributed by atoms with Gasteiger partial charge < -0.3 is 9.88 Å². The third-order valence-corrected chi connectivity index (χ3v) is 2.93. The Morgan fingerprint density at radius 2 is 2.27 bits per heavy atom. The molecule has 0 aliphatic carbocycles. The van der Waals surface area contributed by atoms with E-state index in [-0.39, 0.29) is 0 Å². The summed E-state index contributed by atoms with van der Waals surface area (Å²) in [5.74, 6) is 2.84. The molecular formula is C11H20N4. The number of aromatic nitrogens is 3. The molecule has 1 atom stereocenters. The molecule has 1 N–H and O–H groups in total. The second-order valence-corrected chi connectivity index (χ2v) is 4.78. The van der Waals surface area contributed by atoms with Gasteiger partial charge in [-0.25, -0.2) is 0 Å². The summed E-state index contributed by atoms with van der Waals surface area (Å²) in [6.07, 6.45) is 2.22. The van der Waals surface area contributed by atoms with Crippen LogP contribution in [0.1, 0.15) is 38.0 Å². The maximum Gasteiger partial charge on any atom is 0.133 e. The second-order valence-electron chi connectivity index (χ2n) is 4.78. The summed E-state index contributed by atoms with van der Waals surface area (Å²) in [5, 5.41) is 11.9. The molecule has 2 heterocycles. The van der Waals surface area contributed by atoms with Crippen molar-refractivity contribution in [3.8, 4) is 0 Å². The van der Waals surface area contributed by atoms with Gasteiger partial charge in [-0.2, -0.15) is 0 Å². The maximum absolute atomic E-state index is 4.29. The largest absolute Gasteiger partial charge is 0.315 e. The van der Waals surface area contributed by atoms with E-state index in [0.717, 1.165) is 31.2 Å². The van der Waals surface area contributed by atoms with Crippen molar-refractivity contribution in [2.75, 3.05) is 13.1 Å². The maximum atomic E-state index is 4.29. The van der Waals surface area contributed by atoms with E-state index in [9.17, 15) is 0 Å². The Morgan fingerprint density at radius 1 is 1.47 bits per heavy atom. The molecule has 1 aliphatic heterocycles. The summed E-state index contributed by atoms with van der Waals surface area (Å²) in [7, 11) is 0. The van der Waals surface area contributed by atoms with Gasteiger partial charge in [0.25, 0.3) is 0 Å². The molecule has 1 unspecified atom stereocenters. The van der Waals surface area contributed by atoms with Gasteiger partial charge in [0.15, 0.2) is 0 Å². The van der Waals surface area contributed by atoms with Gasteiger partial charge in [-0.05, 0) is 25.8 Å². The van der Waals surface area contributed by atoms with Gasteiger partial charge in [0.1, 0.15) is 11.6 Å². The van der Waals surface area contributed by atoms with Gasteiger partial charge in [-0.3, -0.25) is 0 Å². The highest BCUT2D eigenvalue weighted by Gasteiger charge is 2.21. The fourth-order valence-electron chi connectivity index (χ4n) is 2.25. The second kappa shape index (κ2) is 4.31. The lowest BCUT2D eigenvalue weighted by atomic mass is 10.1. The van der Waals surface area contributed by atoms with Crippen molar-refractivity contribution in [2.24, 2.45) is 5.92 Å². The summed E-state index contributed by atoms with van der Waals surface area (Å²) >= 11 is 0. The van der Waals surface area contributed by atoms with E-state index in [2.05, 4.69) is 40.9 Å². The lowest BCUT2D eigenvalue weighted by Gasteiger charge is -2.15. The molecule has 1 aliphatic rings. The highest BCUT2D eigenvalue weighted by Crippen LogP contribution is 2.20. The molecular weight excluding hydrogens is 188 g/mol. The van der Waals surface area contributed by atoms with Crippen LogP contribution in [0.25, 0.3) is 0 Å². The lowest BCUT2D eigenvalue weighted by molar-refractivity contribution is 0.490. The van der Waals surface area contributed by atoms with Gasteiger partial charge >= 0.3 is 0 Å². The predicted octanol–water partition coefficient (Wildman–Crippen LogP) is 1.32. The van der Waals surface area contributed by atoms with Crippen molar-refractivity contribution in [3.63, 3.8) is 0 Å². The summed E-state index contributed by atoms with van der Waals surface area (Å²) in [5.41, 5.74) is 0. The number of rotatable bonds is 3. The molecule has 4 heteroatoms. The fraction of sp³-hybridized carbons (Fsp3) is 0.818. The standard InChI is InChI=1S/C11H20N4/c1-8(2)6-11-14-13-9(3)15(11)10-4-5-12-7-10/h8,10,12H,4-7H2,1-3H3. The zero-order valence-corrected chi connectivity index (χ0v) is 9.82. The Balaban J connectivity index is 2.22. The van der Waals surface area contributed by atoms with Crippen LogP contribution < -0.4 is 5.32 Å². The van der Waals surface area contributed by atoms with Crippen LogP contribution >= 0.6 is 0 Å². The molecule has 2 rings (SSSR count). The first-order valence-electron chi connectivity index (χ1n) is 5.79. The Kier molecular flexibility index (Phi) is 3.05. The summed E-state index contributed by atoms with van der Waals surface area (Å²) in [6, 6.07) is 0.564. The minimum atomic E-state index is 0.564. The molecule has 1 saturated heterocycles. The van der Waals surface area contributed by atoms with Crippen LogP contribution in [0.4, 0.5) is 0 Å². The molecule has 15 heavy (non-hydrogen) atoms. The van der Waals surface area contributed by atoms with E-state index in [4.69, 9.17) is 0 Å². The quantitative estimate of drug-likeness (QED) is 0.814. The molecule has 1 fully saturated rings. The normalized spacial score (nSPS) is 21.5.